The summed E-state index contributed by atoms with van der Waals surface area (Å²) in [7, 11) is 1.61. The van der Waals surface area contributed by atoms with E-state index in [0.717, 1.165) is 4.57 Å². The number of nitrogens with one attached hydrogen (secondary N) is 2. The molecule has 0 spiro atoms. The highest BCUT2D eigenvalue weighted by molar-refractivity contribution is 5.77. The number of aromatic amines is 1. The first kappa shape index (κ1) is 11.5. The van der Waals surface area contributed by atoms with Gasteiger partial charge in [-0.25, -0.2) is 13.8 Å². The average molecular weight is 237 g/mol. The van der Waals surface area contributed by atoms with Crippen LogP contribution in [0.3, 0.4) is 0 Å². The minimum atomic E-state index is -0.638. The average Bonchev–Trinajstić information content (AvgIpc) is 2.28. The summed E-state index contributed by atoms with van der Waals surface area (Å²) < 4.78 is 14.5. The van der Waals surface area contributed by atoms with E-state index in [0.29, 0.717) is 0 Å². The molecule has 5 nitrogen and oxygen atoms in total. The number of nitrogens with zero attached hydrogens (tertiary/aromatic N) is 1. The number of H-pyrrole nitrogens is 1. The molecule has 90 valence electrons. The summed E-state index contributed by atoms with van der Waals surface area (Å²) in [5.74, 6) is -0.638. The van der Waals surface area contributed by atoms with Crippen LogP contribution in [0.15, 0.2) is 27.8 Å². The van der Waals surface area contributed by atoms with Gasteiger partial charge >= 0.3 is 5.69 Å². The van der Waals surface area contributed by atoms with Crippen LogP contribution in [0.5, 0.6) is 0 Å². The van der Waals surface area contributed by atoms with Gasteiger partial charge in [-0.05, 0) is 26.1 Å². The monoisotopic (exact) mass is 237 g/mol. The number of halogens is 1. The number of fused-ring (bicyclic) bond motifs is 1. The van der Waals surface area contributed by atoms with E-state index >= 15 is 0 Å². The largest absolute Gasteiger partial charge is 0.330 e. The van der Waals surface area contributed by atoms with E-state index in [1.165, 1.54) is 18.2 Å². The summed E-state index contributed by atoms with van der Waals surface area (Å²) in [4.78, 5) is 26.2. The fourth-order valence-corrected chi connectivity index (χ4v) is 1.71. The molecule has 0 saturated carbocycles. The normalized spacial score (nSPS) is 12.9. The van der Waals surface area contributed by atoms with Gasteiger partial charge in [0, 0.05) is 0 Å². The summed E-state index contributed by atoms with van der Waals surface area (Å²) in [5, 5.41) is 2.66. The van der Waals surface area contributed by atoms with E-state index in [2.05, 4.69) is 10.3 Å². The fraction of sp³-hybridized carbons (Fsp3) is 0.273. The molecule has 0 radical (unpaired) electrons. The first-order valence-corrected chi connectivity index (χ1v) is 5.16. The van der Waals surface area contributed by atoms with E-state index in [9.17, 15) is 14.0 Å². The third-order valence-electron chi connectivity index (χ3n) is 2.71. The van der Waals surface area contributed by atoms with Crippen molar-refractivity contribution in [3.63, 3.8) is 0 Å². The Hall–Kier alpha value is -1.95. The molecule has 1 heterocycles. The minimum Gasteiger partial charge on any atom is -0.306 e. The van der Waals surface area contributed by atoms with E-state index in [4.69, 9.17) is 0 Å². The molecule has 2 N–H and O–H groups in total. The molecule has 0 aliphatic heterocycles. The van der Waals surface area contributed by atoms with Gasteiger partial charge in [0.15, 0.2) is 0 Å². The van der Waals surface area contributed by atoms with Crippen LogP contribution in [-0.2, 0) is 0 Å². The molecule has 0 aliphatic rings. The summed E-state index contributed by atoms with van der Waals surface area (Å²) in [6.07, 6.45) is -0.504. The van der Waals surface area contributed by atoms with Gasteiger partial charge in [-0.1, -0.05) is 6.07 Å². The summed E-state index contributed by atoms with van der Waals surface area (Å²) in [5.41, 5.74) is -0.988. The zero-order chi connectivity index (χ0) is 12.6. The van der Waals surface area contributed by atoms with Crippen LogP contribution >= 0.6 is 0 Å². The summed E-state index contributed by atoms with van der Waals surface area (Å²) in [6, 6.07) is 4.13. The van der Waals surface area contributed by atoms with Gasteiger partial charge in [-0.2, -0.15) is 0 Å². The van der Waals surface area contributed by atoms with Gasteiger partial charge < -0.3 is 10.3 Å². The molecule has 1 atom stereocenters. The Morgan fingerprint density at radius 2 is 2.12 bits per heavy atom. The number of rotatable bonds is 2. The highest BCUT2D eigenvalue weighted by Gasteiger charge is 2.14. The SMILES string of the molecule is CNC(C)n1c(=O)[nH]c2cccc(F)c2c1=O. The minimum absolute atomic E-state index is 0.103. The van der Waals surface area contributed by atoms with Gasteiger partial charge in [0.05, 0.1) is 17.1 Å². The maximum absolute atomic E-state index is 13.6. The Morgan fingerprint density at radius 1 is 1.41 bits per heavy atom. The maximum atomic E-state index is 13.6. The zero-order valence-electron chi connectivity index (χ0n) is 9.45. The van der Waals surface area contributed by atoms with Crippen molar-refractivity contribution in [2.75, 3.05) is 7.05 Å². The molecule has 6 heteroatoms. The van der Waals surface area contributed by atoms with Gasteiger partial charge in [0.2, 0.25) is 0 Å². The van der Waals surface area contributed by atoms with Crippen molar-refractivity contribution in [2.24, 2.45) is 0 Å². The predicted octanol–water partition coefficient (Wildman–Crippen LogP) is 0.567. The predicted molar refractivity (Wildman–Crippen MR) is 62.6 cm³/mol. The van der Waals surface area contributed by atoms with Gasteiger partial charge in [-0.3, -0.25) is 4.79 Å². The van der Waals surface area contributed by atoms with Crippen LogP contribution in [-0.4, -0.2) is 16.6 Å². The van der Waals surface area contributed by atoms with Crippen LogP contribution < -0.4 is 16.6 Å². The number of aromatic nitrogens is 2. The van der Waals surface area contributed by atoms with E-state index in [1.807, 2.05) is 0 Å². The smallest absolute Gasteiger partial charge is 0.306 e. The highest BCUT2D eigenvalue weighted by Crippen LogP contribution is 2.09. The lowest BCUT2D eigenvalue weighted by Gasteiger charge is -2.13. The third kappa shape index (κ3) is 1.76. The first-order valence-electron chi connectivity index (χ1n) is 5.16. The van der Waals surface area contributed by atoms with Gasteiger partial charge in [0.25, 0.3) is 5.56 Å². The van der Waals surface area contributed by atoms with Crippen LogP contribution in [0.1, 0.15) is 13.1 Å². The molecule has 1 unspecified atom stereocenters. The van der Waals surface area contributed by atoms with Crippen molar-refractivity contribution in [2.45, 2.75) is 13.1 Å². The number of hydrogen-bond donors (Lipinski definition) is 2. The standard InChI is InChI=1S/C11H12FN3O2/c1-6(13-2)15-10(16)9-7(12)4-3-5-8(9)14-11(15)17/h3-6,13H,1-2H3,(H,14,17). The lowest BCUT2D eigenvalue weighted by Crippen LogP contribution is -2.41. The maximum Gasteiger partial charge on any atom is 0.330 e. The van der Waals surface area contributed by atoms with Crippen molar-refractivity contribution in [3.8, 4) is 0 Å². The Morgan fingerprint density at radius 3 is 2.76 bits per heavy atom. The van der Waals surface area contributed by atoms with Crippen LogP contribution in [0.25, 0.3) is 10.9 Å². The van der Waals surface area contributed by atoms with Gasteiger partial charge in [0.1, 0.15) is 5.82 Å². The zero-order valence-corrected chi connectivity index (χ0v) is 9.45. The van der Waals surface area contributed by atoms with Crippen molar-refractivity contribution >= 4 is 10.9 Å². The van der Waals surface area contributed by atoms with Crippen molar-refractivity contribution in [1.82, 2.24) is 14.9 Å². The number of benzene rings is 1. The molecular weight excluding hydrogens is 225 g/mol. The lowest BCUT2D eigenvalue weighted by molar-refractivity contribution is 0.446. The summed E-state index contributed by atoms with van der Waals surface area (Å²) in [6.45, 7) is 1.64. The Balaban J connectivity index is 2.94. The highest BCUT2D eigenvalue weighted by atomic mass is 19.1. The molecule has 0 amide bonds. The van der Waals surface area contributed by atoms with Crippen molar-refractivity contribution in [3.05, 3.63) is 44.9 Å². The molecule has 2 aromatic rings. The van der Waals surface area contributed by atoms with Crippen molar-refractivity contribution in [1.29, 1.82) is 0 Å². The van der Waals surface area contributed by atoms with Gasteiger partial charge in [-0.15, -0.1) is 0 Å². The molecule has 0 bridgehead atoms. The molecule has 1 aromatic carbocycles. The number of hydrogen-bond acceptors (Lipinski definition) is 3. The van der Waals surface area contributed by atoms with Crippen LogP contribution in [0.2, 0.25) is 0 Å². The molecule has 0 aliphatic carbocycles. The fourth-order valence-electron chi connectivity index (χ4n) is 1.71. The Labute approximate surface area is 95.9 Å². The molecular formula is C11H12FN3O2. The lowest BCUT2D eigenvalue weighted by atomic mass is 10.2. The topological polar surface area (TPSA) is 66.9 Å². The first-order chi connectivity index (χ1) is 8.06. The second-order valence-electron chi connectivity index (χ2n) is 3.73. The Kier molecular flexibility index (Phi) is 2.81. The molecule has 17 heavy (non-hydrogen) atoms. The van der Waals surface area contributed by atoms with E-state index in [-0.39, 0.29) is 10.9 Å². The molecule has 0 saturated heterocycles. The second-order valence-corrected chi connectivity index (χ2v) is 3.73. The Bertz CT molecular complexity index is 674. The van der Waals surface area contributed by atoms with Crippen LogP contribution in [0, 0.1) is 5.82 Å². The van der Waals surface area contributed by atoms with E-state index < -0.39 is 23.2 Å². The molecule has 2 rings (SSSR count). The second kappa shape index (κ2) is 4.14. The van der Waals surface area contributed by atoms with E-state index in [1.54, 1.807) is 14.0 Å². The van der Waals surface area contributed by atoms with Crippen LogP contribution in [0.4, 0.5) is 4.39 Å². The molecule has 0 fully saturated rings. The third-order valence-corrected chi connectivity index (χ3v) is 2.71. The molecule has 1 aromatic heterocycles. The summed E-state index contributed by atoms with van der Waals surface area (Å²) >= 11 is 0. The quantitative estimate of drug-likeness (QED) is 0.802. The van der Waals surface area contributed by atoms with Crippen molar-refractivity contribution < 1.29 is 4.39 Å².